The highest BCUT2D eigenvalue weighted by atomic mass is 35.5. The van der Waals surface area contributed by atoms with Crippen LogP contribution >= 0.6 is 11.6 Å². The van der Waals surface area contributed by atoms with Gasteiger partial charge in [-0.1, -0.05) is 0 Å². The molecule has 0 aromatic carbocycles. The van der Waals surface area contributed by atoms with E-state index in [0.717, 1.165) is 38.9 Å². The predicted molar refractivity (Wildman–Crippen MR) is 56.7 cm³/mol. The van der Waals surface area contributed by atoms with E-state index in [1.807, 2.05) is 0 Å². The van der Waals surface area contributed by atoms with E-state index in [9.17, 15) is 0 Å². The summed E-state index contributed by atoms with van der Waals surface area (Å²) >= 11 is 6.09. The Bertz CT molecular complexity index is 172. The Balaban J connectivity index is 2.02. The van der Waals surface area contributed by atoms with Crippen LogP contribution in [0.4, 0.5) is 0 Å². The molecule has 0 aromatic rings. The van der Waals surface area contributed by atoms with Crippen LogP contribution in [0.1, 0.15) is 19.3 Å². The van der Waals surface area contributed by atoms with Gasteiger partial charge in [-0.2, -0.15) is 0 Å². The standard InChI is InChI=1S/C10H18ClNO3/c11-10-13-7-1-4-12(5-2-8-14-10)6-3-9-15-10/h1-9H2. The van der Waals surface area contributed by atoms with Gasteiger partial charge in [0.2, 0.25) is 0 Å². The molecule has 88 valence electrons. The van der Waals surface area contributed by atoms with Crippen LogP contribution in [0.15, 0.2) is 0 Å². The maximum atomic E-state index is 6.09. The second-order valence-electron chi connectivity index (χ2n) is 3.93. The minimum absolute atomic E-state index is 0.583. The summed E-state index contributed by atoms with van der Waals surface area (Å²) in [7, 11) is 0. The molecule has 0 aromatic heterocycles. The Morgan fingerprint density at radius 1 is 0.800 bits per heavy atom. The zero-order valence-corrected chi connectivity index (χ0v) is 9.67. The number of nitrogens with zero attached hydrogens (tertiary/aromatic N) is 1. The van der Waals surface area contributed by atoms with Crippen LogP contribution in [0, 0.1) is 0 Å². The van der Waals surface area contributed by atoms with Gasteiger partial charge in [0.25, 0.3) is 0 Å². The Hall–Kier alpha value is 0.130. The van der Waals surface area contributed by atoms with E-state index < -0.39 is 5.43 Å². The van der Waals surface area contributed by atoms with Gasteiger partial charge in [-0.05, 0) is 30.9 Å². The average Bonchev–Trinajstić information content (AvgIpc) is 2.26. The van der Waals surface area contributed by atoms with E-state index in [1.165, 1.54) is 0 Å². The van der Waals surface area contributed by atoms with Crippen molar-refractivity contribution in [1.29, 1.82) is 0 Å². The van der Waals surface area contributed by atoms with Gasteiger partial charge in [0, 0.05) is 19.6 Å². The molecule has 0 radical (unpaired) electrons. The molecule has 0 aliphatic carbocycles. The lowest BCUT2D eigenvalue weighted by Gasteiger charge is -2.32. The molecule has 0 unspecified atom stereocenters. The first-order valence-corrected chi connectivity index (χ1v) is 5.99. The Morgan fingerprint density at radius 3 is 1.60 bits per heavy atom. The van der Waals surface area contributed by atoms with E-state index in [2.05, 4.69) is 4.90 Å². The minimum atomic E-state index is -1.33. The number of fused-ring (bicyclic) bond motifs is 9. The van der Waals surface area contributed by atoms with Crippen LogP contribution in [0.5, 0.6) is 0 Å². The molecule has 3 aliphatic heterocycles. The van der Waals surface area contributed by atoms with Gasteiger partial charge in [0.15, 0.2) is 0 Å². The van der Waals surface area contributed by atoms with E-state index in [1.54, 1.807) is 0 Å². The first-order valence-electron chi connectivity index (χ1n) is 5.62. The van der Waals surface area contributed by atoms with Gasteiger partial charge < -0.3 is 19.1 Å². The van der Waals surface area contributed by atoms with Crippen molar-refractivity contribution in [3.8, 4) is 0 Å². The Morgan fingerprint density at radius 2 is 1.20 bits per heavy atom. The monoisotopic (exact) mass is 235 g/mol. The van der Waals surface area contributed by atoms with Gasteiger partial charge in [-0.3, -0.25) is 0 Å². The summed E-state index contributed by atoms with van der Waals surface area (Å²) in [5, 5.41) is 0. The highest BCUT2D eigenvalue weighted by Crippen LogP contribution is 2.23. The predicted octanol–water partition coefficient (Wildman–Crippen LogP) is 1.39. The van der Waals surface area contributed by atoms with E-state index in [4.69, 9.17) is 25.8 Å². The molecule has 3 saturated heterocycles. The molecular weight excluding hydrogens is 218 g/mol. The van der Waals surface area contributed by atoms with Crippen molar-refractivity contribution in [2.75, 3.05) is 39.5 Å². The molecule has 0 amide bonds. The second kappa shape index (κ2) is 5.46. The molecule has 2 bridgehead atoms. The van der Waals surface area contributed by atoms with Crippen molar-refractivity contribution in [2.24, 2.45) is 0 Å². The van der Waals surface area contributed by atoms with Gasteiger partial charge in [-0.15, -0.1) is 0 Å². The van der Waals surface area contributed by atoms with Crippen molar-refractivity contribution in [3.05, 3.63) is 0 Å². The van der Waals surface area contributed by atoms with Crippen molar-refractivity contribution >= 4 is 11.6 Å². The van der Waals surface area contributed by atoms with Crippen LogP contribution in [-0.2, 0) is 14.2 Å². The quantitative estimate of drug-likeness (QED) is 0.594. The Labute approximate surface area is 95.4 Å². The molecule has 4 nitrogen and oxygen atoms in total. The third-order valence-electron chi connectivity index (χ3n) is 2.68. The number of halogens is 1. The van der Waals surface area contributed by atoms with Gasteiger partial charge in [-0.25, -0.2) is 0 Å². The molecule has 3 fully saturated rings. The largest absolute Gasteiger partial charge is 0.370 e. The van der Waals surface area contributed by atoms with Crippen LogP contribution in [0.3, 0.4) is 0 Å². The van der Waals surface area contributed by atoms with Crippen molar-refractivity contribution in [1.82, 2.24) is 4.90 Å². The first kappa shape index (κ1) is 11.6. The molecule has 0 spiro atoms. The fraction of sp³-hybridized carbons (Fsp3) is 1.00. The van der Waals surface area contributed by atoms with E-state index in [0.29, 0.717) is 19.8 Å². The minimum Gasteiger partial charge on any atom is -0.314 e. The highest BCUT2D eigenvalue weighted by Gasteiger charge is 2.32. The first-order chi connectivity index (χ1) is 7.29. The summed E-state index contributed by atoms with van der Waals surface area (Å²) in [6, 6.07) is 0. The van der Waals surface area contributed by atoms with Gasteiger partial charge in [0.05, 0.1) is 19.8 Å². The number of alkyl halides is 1. The van der Waals surface area contributed by atoms with Crippen LogP contribution in [0.2, 0.25) is 0 Å². The van der Waals surface area contributed by atoms with Gasteiger partial charge >= 0.3 is 5.43 Å². The summed E-state index contributed by atoms with van der Waals surface area (Å²) in [4.78, 5) is 2.43. The molecular formula is C10H18ClNO3. The van der Waals surface area contributed by atoms with Crippen LogP contribution < -0.4 is 0 Å². The number of ether oxygens (including phenoxy) is 3. The maximum absolute atomic E-state index is 6.09. The summed E-state index contributed by atoms with van der Waals surface area (Å²) in [6.07, 6.45) is 2.92. The molecule has 0 N–H and O–H groups in total. The lowest BCUT2D eigenvalue weighted by molar-refractivity contribution is -0.328. The van der Waals surface area contributed by atoms with Crippen LogP contribution in [-0.4, -0.2) is 49.8 Å². The Kier molecular flexibility index (Phi) is 4.22. The van der Waals surface area contributed by atoms with Crippen molar-refractivity contribution < 1.29 is 14.2 Å². The lowest BCUT2D eigenvalue weighted by atomic mass is 10.3. The molecule has 15 heavy (non-hydrogen) atoms. The second-order valence-corrected chi connectivity index (χ2v) is 4.39. The summed E-state index contributed by atoms with van der Waals surface area (Å²) in [6.45, 7) is 4.98. The smallest absolute Gasteiger partial charge is 0.314 e. The third kappa shape index (κ3) is 3.57. The fourth-order valence-corrected chi connectivity index (χ4v) is 2.14. The molecule has 3 heterocycles. The number of hydrogen-bond donors (Lipinski definition) is 0. The zero-order valence-electron chi connectivity index (χ0n) is 8.91. The normalized spacial score (nSPS) is 39.4. The maximum Gasteiger partial charge on any atom is 0.370 e. The van der Waals surface area contributed by atoms with E-state index >= 15 is 0 Å². The lowest BCUT2D eigenvalue weighted by Crippen LogP contribution is -2.40. The summed E-state index contributed by atoms with van der Waals surface area (Å²) in [5.74, 6) is 0. The van der Waals surface area contributed by atoms with E-state index in [-0.39, 0.29) is 0 Å². The SMILES string of the molecule is ClC12OCCCN(CCCO1)CCCO2. The zero-order chi connectivity index (χ0) is 10.6. The number of hydrogen-bond acceptors (Lipinski definition) is 4. The average molecular weight is 236 g/mol. The number of rotatable bonds is 0. The topological polar surface area (TPSA) is 30.9 Å². The van der Waals surface area contributed by atoms with Crippen LogP contribution in [0.25, 0.3) is 0 Å². The molecule has 3 rings (SSSR count). The summed E-state index contributed by atoms with van der Waals surface area (Å²) < 4.78 is 16.3. The van der Waals surface area contributed by atoms with Crippen molar-refractivity contribution in [2.45, 2.75) is 24.7 Å². The third-order valence-corrected chi connectivity index (χ3v) is 3.01. The molecule has 3 aliphatic rings. The van der Waals surface area contributed by atoms with Crippen molar-refractivity contribution in [3.63, 3.8) is 0 Å². The molecule has 0 saturated carbocycles. The summed E-state index contributed by atoms with van der Waals surface area (Å²) in [5.41, 5.74) is -1.33. The van der Waals surface area contributed by atoms with Gasteiger partial charge in [0.1, 0.15) is 0 Å². The molecule has 0 atom stereocenters. The fourth-order valence-electron chi connectivity index (χ4n) is 1.91. The molecule has 5 heteroatoms. The highest BCUT2D eigenvalue weighted by molar-refractivity contribution is 6.20.